The number of aliphatic hydroxyl groups is 2. The normalized spacial score (nSPS) is 26.9. The molecule has 0 radical (unpaired) electrons. The van der Waals surface area contributed by atoms with E-state index in [2.05, 4.69) is 40.6 Å². The van der Waals surface area contributed by atoms with Gasteiger partial charge in [0.05, 0.1) is 18.1 Å². The van der Waals surface area contributed by atoms with Crippen LogP contribution in [-0.4, -0.2) is 81.7 Å². The summed E-state index contributed by atoms with van der Waals surface area (Å²) in [6, 6.07) is 7.03. The van der Waals surface area contributed by atoms with Crippen molar-refractivity contribution in [3.8, 4) is 0 Å². The number of methoxy groups -OCH3 is 1. The smallest absolute Gasteiger partial charge is 0.335 e. The maximum Gasteiger partial charge on any atom is 0.335 e. The lowest BCUT2D eigenvalue weighted by molar-refractivity contribution is -0.165. The molecule has 3 rings (SSSR count). The first-order chi connectivity index (χ1) is 14.5. The summed E-state index contributed by atoms with van der Waals surface area (Å²) in [6.07, 6.45) is -1.28. The van der Waals surface area contributed by atoms with Crippen LogP contribution < -0.4 is 0 Å². The first kappa shape index (κ1) is 25.8. The summed E-state index contributed by atoms with van der Waals surface area (Å²) in [4.78, 5) is 34.3. The van der Waals surface area contributed by atoms with E-state index in [1.807, 2.05) is 12.1 Å². The highest BCUT2D eigenvalue weighted by atomic mass is 127. The number of piperidine rings is 1. The number of esters is 1. The topological polar surface area (TPSA) is 145 Å². The van der Waals surface area contributed by atoms with Gasteiger partial charge in [-0.15, -0.1) is 0 Å². The zero-order chi connectivity index (χ0) is 23.5. The first-order valence-electron chi connectivity index (χ1n) is 9.56. The predicted octanol–water partition coefficient (Wildman–Crippen LogP) is 1.56. The van der Waals surface area contributed by atoms with Crippen molar-refractivity contribution in [1.82, 2.24) is 4.90 Å². The summed E-state index contributed by atoms with van der Waals surface area (Å²) < 4.78 is 6.14. The average Bonchev–Trinajstić information content (AvgIpc) is 2.96. The number of hydrogen-bond acceptors (Lipinski definition) is 7. The number of carbonyl (C=O) groups is 3. The van der Waals surface area contributed by atoms with Gasteiger partial charge < -0.3 is 25.2 Å². The number of benzene rings is 1. The predicted molar refractivity (Wildman–Crippen MR) is 119 cm³/mol. The fourth-order valence-electron chi connectivity index (χ4n) is 4.28. The second kappa shape index (κ2) is 10.9. The molecule has 2 bridgehead atoms. The monoisotopic (exact) mass is 569 g/mol. The van der Waals surface area contributed by atoms with E-state index in [0.29, 0.717) is 12.1 Å². The lowest BCUT2D eigenvalue weighted by Gasteiger charge is -2.41. The van der Waals surface area contributed by atoms with E-state index in [1.54, 1.807) is 0 Å². The molecule has 1 aromatic carbocycles. The third-order valence-electron chi connectivity index (χ3n) is 5.92. The van der Waals surface area contributed by atoms with Gasteiger partial charge in [0.1, 0.15) is 0 Å². The third kappa shape index (κ3) is 5.86. The fourth-order valence-corrected chi connectivity index (χ4v) is 4.80. The number of nitrogens with zero attached hydrogens (tertiary/aromatic N) is 1. The van der Waals surface area contributed by atoms with Crippen LogP contribution in [0.3, 0.4) is 0 Å². The van der Waals surface area contributed by atoms with E-state index >= 15 is 0 Å². The van der Waals surface area contributed by atoms with Crippen molar-refractivity contribution in [2.75, 3.05) is 14.2 Å². The van der Waals surface area contributed by atoms with Crippen LogP contribution in [0, 0.1) is 9.49 Å². The van der Waals surface area contributed by atoms with Crippen molar-refractivity contribution in [1.29, 1.82) is 0 Å². The van der Waals surface area contributed by atoms with Gasteiger partial charge in [0.25, 0.3) is 0 Å². The molecule has 0 amide bonds. The zero-order valence-corrected chi connectivity index (χ0v) is 19.9. The summed E-state index contributed by atoms with van der Waals surface area (Å²) in [5.74, 6) is -3.51. The Morgan fingerprint density at radius 1 is 1.16 bits per heavy atom. The molecule has 6 atom stereocenters. The second-order valence-electron chi connectivity index (χ2n) is 7.59. The Morgan fingerprint density at radius 3 is 2.23 bits per heavy atom. The largest absolute Gasteiger partial charge is 0.479 e. The minimum Gasteiger partial charge on any atom is -0.479 e. The van der Waals surface area contributed by atoms with Gasteiger partial charge >= 0.3 is 17.9 Å². The molecule has 2 saturated heterocycles. The van der Waals surface area contributed by atoms with Crippen LogP contribution in [0.2, 0.25) is 5.02 Å². The Bertz CT molecular complexity index is 819. The van der Waals surface area contributed by atoms with Gasteiger partial charge in [-0.3, -0.25) is 9.69 Å². The van der Waals surface area contributed by atoms with E-state index in [9.17, 15) is 14.4 Å². The number of aliphatic hydroxyl groups excluding tert-OH is 2. The molecule has 2 unspecified atom stereocenters. The van der Waals surface area contributed by atoms with E-state index in [1.165, 1.54) is 19.1 Å². The molecule has 4 N–H and O–H groups in total. The molecule has 2 heterocycles. The Morgan fingerprint density at radius 2 is 1.74 bits per heavy atom. The number of carboxylic acid groups (broad SMARTS) is 2. The van der Waals surface area contributed by atoms with Crippen LogP contribution in [0.5, 0.6) is 0 Å². The Labute approximate surface area is 198 Å². The lowest BCUT2D eigenvalue weighted by Crippen LogP contribution is -2.49. The van der Waals surface area contributed by atoms with Gasteiger partial charge in [-0.25, -0.2) is 9.59 Å². The highest BCUT2D eigenvalue weighted by molar-refractivity contribution is 14.1. The van der Waals surface area contributed by atoms with Crippen molar-refractivity contribution in [2.45, 2.75) is 49.5 Å². The quantitative estimate of drug-likeness (QED) is 0.307. The first-order valence-corrected chi connectivity index (χ1v) is 11.0. The molecular weight excluding hydrogens is 545 g/mol. The van der Waals surface area contributed by atoms with E-state index in [-0.39, 0.29) is 17.8 Å². The highest BCUT2D eigenvalue weighted by Crippen LogP contribution is 2.47. The van der Waals surface area contributed by atoms with Crippen molar-refractivity contribution in [3.05, 3.63) is 32.4 Å². The molecule has 2 aliphatic rings. The fraction of sp³-hybridized carbons (Fsp3) is 0.550. The highest BCUT2D eigenvalue weighted by Gasteiger charge is 2.49. The number of carbonyl (C=O) groups excluding carboxylic acids is 1. The molecule has 9 nitrogen and oxygen atoms in total. The maximum atomic E-state index is 12.4. The van der Waals surface area contributed by atoms with Crippen molar-refractivity contribution >= 4 is 52.1 Å². The minimum absolute atomic E-state index is 0.0881. The van der Waals surface area contributed by atoms with Crippen molar-refractivity contribution < 1.29 is 39.5 Å². The van der Waals surface area contributed by atoms with Crippen molar-refractivity contribution in [2.24, 2.45) is 5.92 Å². The van der Waals surface area contributed by atoms with Crippen LogP contribution in [-0.2, 0) is 19.1 Å². The van der Waals surface area contributed by atoms with Crippen LogP contribution >= 0.6 is 34.2 Å². The van der Waals surface area contributed by atoms with E-state index in [0.717, 1.165) is 21.4 Å². The maximum absolute atomic E-state index is 12.4. The average molecular weight is 570 g/mol. The summed E-state index contributed by atoms with van der Waals surface area (Å²) >= 11 is 8.51. The summed E-state index contributed by atoms with van der Waals surface area (Å²) in [7, 11) is 3.62. The number of fused-ring (bicyclic) bond motifs is 2. The minimum atomic E-state index is -2.27. The number of aliphatic carboxylic acids is 2. The Hall–Kier alpha value is -1.47. The summed E-state index contributed by atoms with van der Waals surface area (Å²) in [5.41, 5.74) is 1.17. The molecule has 0 aliphatic carbocycles. The number of hydrogen-bond donors (Lipinski definition) is 4. The molecule has 0 aromatic heterocycles. The molecule has 31 heavy (non-hydrogen) atoms. The molecule has 2 aliphatic heterocycles. The molecule has 172 valence electrons. The Balaban J connectivity index is 0.000000291. The van der Waals surface area contributed by atoms with Gasteiger partial charge in [-0.05, 0) is 66.6 Å². The van der Waals surface area contributed by atoms with Gasteiger partial charge in [0.15, 0.2) is 12.2 Å². The Kier molecular flexibility index (Phi) is 9.07. The SMILES string of the molecule is COC(=O)[C@H]1[C@@H](c2ccc(I)c(Cl)c2)C[C@@H]2CC[C@H]1N2C.O=C(O)C(O)C(O)C(=O)O. The van der Waals surface area contributed by atoms with Gasteiger partial charge in [-0.2, -0.15) is 0 Å². The molecule has 11 heteroatoms. The molecule has 2 fully saturated rings. The van der Waals surface area contributed by atoms with Crippen LogP contribution in [0.15, 0.2) is 18.2 Å². The standard InChI is InChI=1S/C16H19ClINO2.C4H6O6/c1-19-10-4-6-14(19)15(16(20)21-2)11(8-10)9-3-5-13(18)12(17)7-9;5-1(3(7)8)2(6)4(9)10/h3,5,7,10-11,14-15H,4,6,8H2,1-2H3;1-2,5-6H,(H,7,8)(H,9,10)/t10-,11+,14+,15-;/m0./s1. The van der Waals surface area contributed by atoms with Gasteiger partial charge in [0.2, 0.25) is 0 Å². The molecule has 0 saturated carbocycles. The van der Waals surface area contributed by atoms with Crippen molar-refractivity contribution in [3.63, 3.8) is 0 Å². The van der Waals surface area contributed by atoms with E-state index < -0.39 is 24.1 Å². The van der Waals surface area contributed by atoms with Gasteiger partial charge in [-0.1, -0.05) is 17.7 Å². The van der Waals surface area contributed by atoms with Crippen LogP contribution in [0.25, 0.3) is 0 Å². The number of carboxylic acids is 2. The zero-order valence-electron chi connectivity index (χ0n) is 16.9. The third-order valence-corrected chi connectivity index (χ3v) is 7.49. The summed E-state index contributed by atoms with van der Waals surface area (Å²) in [5, 5.41) is 33.3. The molecular formula is C20H25ClINO8. The second-order valence-corrected chi connectivity index (χ2v) is 9.16. The number of rotatable bonds is 5. The number of halogens is 2. The summed E-state index contributed by atoms with van der Waals surface area (Å²) in [6.45, 7) is 0. The molecule has 1 aromatic rings. The number of ether oxygens (including phenoxy) is 1. The van der Waals surface area contributed by atoms with Crippen LogP contribution in [0.4, 0.5) is 0 Å². The molecule has 0 spiro atoms. The lowest BCUT2D eigenvalue weighted by atomic mass is 9.76. The van der Waals surface area contributed by atoms with E-state index in [4.69, 9.17) is 36.8 Å². The van der Waals surface area contributed by atoms with Gasteiger partial charge in [0, 0.05) is 21.6 Å². The van der Waals surface area contributed by atoms with Crippen LogP contribution in [0.1, 0.15) is 30.7 Å².